The van der Waals surface area contributed by atoms with E-state index in [0.29, 0.717) is 28.7 Å². The Hall–Kier alpha value is -1.44. The highest BCUT2D eigenvalue weighted by molar-refractivity contribution is 6.33. The van der Waals surface area contributed by atoms with Crippen LogP contribution >= 0.6 is 11.6 Å². The zero-order chi connectivity index (χ0) is 12.8. The molecule has 0 saturated carbocycles. The molecule has 1 unspecified atom stereocenters. The maximum Gasteiger partial charge on any atom is 0.179 e. The molecule has 0 spiro atoms. The first kappa shape index (κ1) is 13.6. The maximum atomic E-state index is 9.02. The summed E-state index contributed by atoms with van der Waals surface area (Å²) in [4.78, 5) is 0. The van der Waals surface area contributed by atoms with Crippen molar-refractivity contribution in [3.05, 3.63) is 22.7 Å². The van der Waals surface area contributed by atoms with Crippen molar-refractivity contribution in [3.63, 3.8) is 0 Å². The summed E-state index contributed by atoms with van der Waals surface area (Å²) in [6, 6.07) is 5.45. The third-order valence-electron chi connectivity index (χ3n) is 2.25. The lowest BCUT2D eigenvalue weighted by atomic mass is 10.1. The van der Waals surface area contributed by atoms with Crippen LogP contribution in [0.2, 0.25) is 5.02 Å². The number of methoxy groups -OCH3 is 2. The van der Waals surface area contributed by atoms with Crippen molar-refractivity contribution < 1.29 is 14.2 Å². The predicted octanol–water partition coefficient (Wildman–Crippen LogP) is 2.96. The van der Waals surface area contributed by atoms with Gasteiger partial charge in [-0.3, -0.25) is 0 Å². The van der Waals surface area contributed by atoms with Crippen molar-refractivity contribution in [2.45, 2.75) is 13.0 Å². The monoisotopic (exact) mass is 255 g/mol. The summed E-state index contributed by atoms with van der Waals surface area (Å²) in [6.07, 6.45) is -0.702. The van der Waals surface area contributed by atoms with Crippen molar-refractivity contribution in [2.24, 2.45) is 0 Å². The van der Waals surface area contributed by atoms with Gasteiger partial charge in [0.05, 0.1) is 25.3 Å². The standard InChI is InChI=1S/C12H14ClNO3/c1-4-17-10(7-14)8-5-6-9(15-2)12(16-3)11(8)13/h5-6,10H,4H2,1-3H3. The molecule has 5 heteroatoms. The van der Waals surface area contributed by atoms with Crippen molar-refractivity contribution in [1.82, 2.24) is 0 Å². The van der Waals surface area contributed by atoms with Crippen LogP contribution in [0.25, 0.3) is 0 Å². The van der Waals surface area contributed by atoms with Crippen molar-refractivity contribution in [1.29, 1.82) is 5.26 Å². The van der Waals surface area contributed by atoms with E-state index < -0.39 is 6.10 Å². The van der Waals surface area contributed by atoms with Gasteiger partial charge in [-0.1, -0.05) is 11.6 Å². The third-order valence-corrected chi connectivity index (χ3v) is 2.64. The van der Waals surface area contributed by atoms with Gasteiger partial charge in [-0.25, -0.2) is 0 Å². The minimum Gasteiger partial charge on any atom is -0.493 e. The van der Waals surface area contributed by atoms with Crippen molar-refractivity contribution in [3.8, 4) is 17.6 Å². The Morgan fingerprint density at radius 3 is 2.53 bits per heavy atom. The molecule has 1 aromatic rings. The molecule has 0 aliphatic rings. The summed E-state index contributed by atoms with van der Waals surface area (Å²) < 4.78 is 15.6. The molecule has 0 saturated heterocycles. The van der Waals surface area contributed by atoms with E-state index in [0.717, 1.165) is 0 Å². The number of ether oxygens (including phenoxy) is 3. The zero-order valence-corrected chi connectivity index (χ0v) is 10.7. The van der Waals surface area contributed by atoms with Gasteiger partial charge in [0.2, 0.25) is 0 Å². The van der Waals surface area contributed by atoms with Gasteiger partial charge in [0.15, 0.2) is 17.6 Å². The van der Waals surface area contributed by atoms with Crippen molar-refractivity contribution in [2.75, 3.05) is 20.8 Å². The van der Waals surface area contributed by atoms with Crippen LogP contribution in [0.5, 0.6) is 11.5 Å². The van der Waals surface area contributed by atoms with Gasteiger partial charge in [0.1, 0.15) is 0 Å². The van der Waals surface area contributed by atoms with E-state index in [1.807, 2.05) is 13.0 Å². The second-order valence-corrected chi connectivity index (χ2v) is 3.55. The van der Waals surface area contributed by atoms with Crippen LogP contribution in [0.15, 0.2) is 12.1 Å². The summed E-state index contributed by atoms with van der Waals surface area (Å²) in [5.41, 5.74) is 0.577. The number of hydrogen-bond donors (Lipinski definition) is 0. The maximum absolute atomic E-state index is 9.02. The van der Waals surface area contributed by atoms with E-state index in [4.69, 9.17) is 31.1 Å². The Morgan fingerprint density at radius 2 is 2.06 bits per heavy atom. The first-order valence-electron chi connectivity index (χ1n) is 5.11. The van der Waals surface area contributed by atoms with Crippen LogP contribution in [0, 0.1) is 11.3 Å². The highest BCUT2D eigenvalue weighted by Crippen LogP contribution is 2.40. The third kappa shape index (κ3) is 2.82. The van der Waals surface area contributed by atoms with Gasteiger partial charge < -0.3 is 14.2 Å². The van der Waals surface area contributed by atoms with Gasteiger partial charge in [-0.2, -0.15) is 5.26 Å². The average molecular weight is 256 g/mol. The van der Waals surface area contributed by atoms with Gasteiger partial charge in [0, 0.05) is 12.2 Å². The van der Waals surface area contributed by atoms with E-state index in [2.05, 4.69) is 0 Å². The van der Waals surface area contributed by atoms with E-state index in [1.54, 1.807) is 12.1 Å². The molecule has 17 heavy (non-hydrogen) atoms. The molecule has 1 rings (SSSR count). The van der Waals surface area contributed by atoms with E-state index in [9.17, 15) is 0 Å². The number of halogens is 1. The predicted molar refractivity (Wildman–Crippen MR) is 64.5 cm³/mol. The van der Waals surface area contributed by atoms with Crippen molar-refractivity contribution >= 4 is 11.6 Å². The lowest BCUT2D eigenvalue weighted by Crippen LogP contribution is -2.04. The summed E-state index contributed by atoms with van der Waals surface area (Å²) >= 11 is 6.17. The van der Waals surface area contributed by atoms with Gasteiger partial charge in [0.25, 0.3) is 0 Å². The fourth-order valence-electron chi connectivity index (χ4n) is 1.47. The van der Waals surface area contributed by atoms with Crippen LogP contribution < -0.4 is 9.47 Å². The molecule has 4 nitrogen and oxygen atoms in total. The normalized spacial score (nSPS) is 11.7. The molecule has 0 aromatic heterocycles. The first-order chi connectivity index (χ1) is 8.19. The minimum atomic E-state index is -0.702. The number of hydrogen-bond acceptors (Lipinski definition) is 4. The summed E-state index contributed by atoms with van der Waals surface area (Å²) in [6.45, 7) is 2.25. The molecule has 0 N–H and O–H groups in total. The molecule has 0 amide bonds. The van der Waals surface area contributed by atoms with Crippen LogP contribution in [-0.2, 0) is 4.74 Å². The van der Waals surface area contributed by atoms with Gasteiger partial charge in [-0.15, -0.1) is 0 Å². The topological polar surface area (TPSA) is 51.5 Å². The van der Waals surface area contributed by atoms with Crippen LogP contribution in [0.4, 0.5) is 0 Å². The fourth-order valence-corrected chi connectivity index (χ4v) is 1.80. The quantitative estimate of drug-likeness (QED) is 0.812. The Kier molecular flexibility index (Phi) is 5.08. The molecular formula is C12H14ClNO3. The van der Waals surface area contributed by atoms with Crippen LogP contribution in [0.3, 0.4) is 0 Å². The smallest absolute Gasteiger partial charge is 0.179 e. The molecule has 0 aliphatic heterocycles. The number of rotatable bonds is 5. The molecule has 0 heterocycles. The fraction of sp³-hybridized carbons (Fsp3) is 0.417. The molecule has 0 radical (unpaired) electrons. The summed E-state index contributed by atoms with van der Waals surface area (Å²) in [5.74, 6) is 0.932. The molecule has 0 fully saturated rings. The molecule has 0 bridgehead atoms. The highest BCUT2D eigenvalue weighted by Gasteiger charge is 2.20. The van der Waals surface area contributed by atoms with Crippen LogP contribution in [-0.4, -0.2) is 20.8 Å². The molecule has 92 valence electrons. The molecular weight excluding hydrogens is 242 g/mol. The van der Waals surface area contributed by atoms with Gasteiger partial charge in [-0.05, 0) is 19.1 Å². The van der Waals surface area contributed by atoms with E-state index >= 15 is 0 Å². The molecule has 1 aromatic carbocycles. The highest BCUT2D eigenvalue weighted by atomic mass is 35.5. The summed E-state index contributed by atoms with van der Waals surface area (Å²) in [7, 11) is 3.02. The second-order valence-electron chi connectivity index (χ2n) is 3.17. The van der Waals surface area contributed by atoms with E-state index in [-0.39, 0.29) is 0 Å². The number of benzene rings is 1. The molecule has 0 aliphatic carbocycles. The Bertz CT molecular complexity index is 428. The SMILES string of the molecule is CCOC(C#N)c1ccc(OC)c(OC)c1Cl. The Labute approximate surface area is 106 Å². The lowest BCUT2D eigenvalue weighted by molar-refractivity contribution is 0.102. The van der Waals surface area contributed by atoms with Gasteiger partial charge >= 0.3 is 0 Å². The second kappa shape index (κ2) is 6.33. The largest absolute Gasteiger partial charge is 0.493 e. The number of nitriles is 1. The Morgan fingerprint density at radius 1 is 1.35 bits per heavy atom. The lowest BCUT2D eigenvalue weighted by Gasteiger charge is -2.15. The Balaban J connectivity index is 3.23. The molecule has 1 atom stereocenters. The zero-order valence-electron chi connectivity index (χ0n) is 9.99. The minimum absolute atomic E-state index is 0.340. The average Bonchev–Trinajstić information content (AvgIpc) is 2.36. The summed E-state index contributed by atoms with van der Waals surface area (Å²) in [5, 5.41) is 9.36. The first-order valence-corrected chi connectivity index (χ1v) is 5.48. The number of nitrogens with zero attached hydrogens (tertiary/aromatic N) is 1. The van der Waals surface area contributed by atoms with E-state index in [1.165, 1.54) is 14.2 Å². The van der Waals surface area contributed by atoms with Crippen LogP contribution in [0.1, 0.15) is 18.6 Å².